The summed E-state index contributed by atoms with van der Waals surface area (Å²) in [5.74, 6) is -1.31. The molecule has 196 valence electrons. The predicted molar refractivity (Wildman–Crippen MR) is 137 cm³/mol. The van der Waals surface area contributed by atoms with E-state index >= 15 is 0 Å². The highest BCUT2D eigenvalue weighted by molar-refractivity contribution is 7.89. The number of esters is 1. The van der Waals surface area contributed by atoms with E-state index in [9.17, 15) is 22.8 Å². The van der Waals surface area contributed by atoms with Gasteiger partial charge in [0.2, 0.25) is 15.9 Å². The number of carbonyl (C=O) groups is 3. The molecular weight excluding hydrogens is 520 g/mol. The first kappa shape index (κ1) is 26.7. The van der Waals surface area contributed by atoms with Gasteiger partial charge in [0, 0.05) is 31.3 Å². The summed E-state index contributed by atoms with van der Waals surface area (Å²) < 4.78 is 39.6. The molecule has 0 saturated carbocycles. The largest absolute Gasteiger partial charge is 0.465 e. The molecule has 4 rings (SSSR count). The van der Waals surface area contributed by atoms with Crippen LogP contribution in [-0.2, 0) is 35.6 Å². The van der Waals surface area contributed by atoms with Gasteiger partial charge in [-0.1, -0.05) is 11.3 Å². The first-order chi connectivity index (χ1) is 17.7. The molecule has 2 heterocycles. The molecule has 0 radical (unpaired) electrons. The Kier molecular flexibility index (Phi) is 8.17. The fourth-order valence-corrected chi connectivity index (χ4v) is 6.26. The number of amides is 2. The van der Waals surface area contributed by atoms with E-state index in [1.54, 1.807) is 29.7 Å². The number of thiazole rings is 1. The van der Waals surface area contributed by atoms with Crippen LogP contribution in [0.15, 0.2) is 52.4 Å². The van der Waals surface area contributed by atoms with E-state index in [1.165, 1.54) is 46.8 Å². The van der Waals surface area contributed by atoms with Crippen LogP contribution < -0.4 is 10.1 Å². The standard InChI is InChI=1S/C24H26N4O7S2/c1-3-35-22(30)15-28-20-9-6-18(25-16(2)29)14-21(20)36-24(28)26-23(31)17-4-7-19(8-5-17)37(32,33)27-10-12-34-13-11-27/h4-9,14H,3,10-13,15H2,1-2H3,(H,25,29). The normalized spacial score (nSPS) is 15.0. The number of fused-ring (bicyclic) bond motifs is 1. The number of benzene rings is 2. The summed E-state index contributed by atoms with van der Waals surface area (Å²) in [6.45, 7) is 4.37. The van der Waals surface area contributed by atoms with Crippen LogP contribution >= 0.6 is 11.3 Å². The van der Waals surface area contributed by atoms with Gasteiger partial charge in [-0.2, -0.15) is 9.30 Å². The van der Waals surface area contributed by atoms with Gasteiger partial charge in [0.25, 0.3) is 5.91 Å². The van der Waals surface area contributed by atoms with Gasteiger partial charge in [-0.05, 0) is 49.4 Å². The van der Waals surface area contributed by atoms with Gasteiger partial charge < -0.3 is 19.4 Å². The minimum absolute atomic E-state index is 0.0793. The summed E-state index contributed by atoms with van der Waals surface area (Å²) in [5.41, 5.74) is 1.41. The molecule has 1 fully saturated rings. The Hall–Kier alpha value is -3.39. The van der Waals surface area contributed by atoms with Gasteiger partial charge in [-0.3, -0.25) is 14.4 Å². The lowest BCUT2D eigenvalue weighted by Crippen LogP contribution is -2.40. The number of aromatic nitrogens is 1. The third kappa shape index (κ3) is 6.13. The van der Waals surface area contributed by atoms with Crippen LogP contribution in [0.5, 0.6) is 0 Å². The van der Waals surface area contributed by atoms with Crippen LogP contribution in [0.1, 0.15) is 24.2 Å². The average Bonchev–Trinajstić information content (AvgIpc) is 3.20. The van der Waals surface area contributed by atoms with E-state index in [1.807, 2.05) is 0 Å². The SMILES string of the molecule is CCOC(=O)Cn1c(=NC(=O)c2ccc(S(=O)(=O)N3CCOCC3)cc2)sc2cc(NC(C)=O)ccc21. The highest BCUT2D eigenvalue weighted by Gasteiger charge is 2.26. The summed E-state index contributed by atoms with van der Waals surface area (Å²) in [5, 5.41) is 2.70. The Bertz CT molecular complexity index is 1500. The van der Waals surface area contributed by atoms with E-state index < -0.39 is 21.9 Å². The third-order valence-electron chi connectivity index (χ3n) is 5.50. The molecule has 1 saturated heterocycles. The molecule has 0 atom stereocenters. The van der Waals surface area contributed by atoms with E-state index in [2.05, 4.69) is 10.3 Å². The molecule has 0 spiro atoms. The lowest BCUT2D eigenvalue weighted by molar-refractivity contribution is -0.143. The Morgan fingerprint density at radius 3 is 2.46 bits per heavy atom. The zero-order valence-corrected chi connectivity index (χ0v) is 21.9. The first-order valence-corrected chi connectivity index (χ1v) is 13.8. The van der Waals surface area contributed by atoms with Gasteiger partial charge in [-0.15, -0.1) is 0 Å². The van der Waals surface area contributed by atoms with E-state index in [0.29, 0.717) is 29.1 Å². The highest BCUT2D eigenvalue weighted by atomic mass is 32.2. The maximum absolute atomic E-state index is 13.0. The molecule has 37 heavy (non-hydrogen) atoms. The molecule has 11 nitrogen and oxygen atoms in total. The fraction of sp³-hybridized carbons (Fsp3) is 0.333. The van der Waals surface area contributed by atoms with Crippen LogP contribution in [0.4, 0.5) is 5.69 Å². The van der Waals surface area contributed by atoms with Crippen molar-refractivity contribution in [3.05, 3.63) is 52.8 Å². The topological polar surface area (TPSA) is 136 Å². The second-order valence-corrected chi connectivity index (χ2v) is 11.0. The zero-order valence-electron chi connectivity index (χ0n) is 20.3. The number of rotatable bonds is 7. The first-order valence-electron chi connectivity index (χ1n) is 11.5. The van der Waals surface area contributed by atoms with Crippen molar-refractivity contribution in [2.75, 3.05) is 38.2 Å². The summed E-state index contributed by atoms with van der Waals surface area (Å²) in [7, 11) is -3.69. The Balaban J connectivity index is 1.67. The molecule has 3 aromatic rings. The van der Waals surface area contributed by atoms with Crippen molar-refractivity contribution in [2.45, 2.75) is 25.3 Å². The van der Waals surface area contributed by atoms with Gasteiger partial charge >= 0.3 is 5.97 Å². The Morgan fingerprint density at radius 2 is 1.81 bits per heavy atom. The summed E-state index contributed by atoms with van der Waals surface area (Å²) >= 11 is 1.18. The zero-order chi connectivity index (χ0) is 26.6. The minimum atomic E-state index is -3.69. The minimum Gasteiger partial charge on any atom is -0.465 e. The van der Waals surface area contributed by atoms with Crippen LogP contribution in [0.25, 0.3) is 10.2 Å². The van der Waals surface area contributed by atoms with Gasteiger partial charge in [-0.25, -0.2) is 8.42 Å². The van der Waals surface area contributed by atoms with Crippen LogP contribution in [-0.4, -0.2) is 68.0 Å². The van der Waals surface area contributed by atoms with E-state index in [4.69, 9.17) is 9.47 Å². The Labute approximate surface area is 217 Å². The lowest BCUT2D eigenvalue weighted by atomic mass is 10.2. The molecular formula is C24H26N4O7S2. The molecule has 1 aliphatic heterocycles. The Morgan fingerprint density at radius 1 is 1.11 bits per heavy atom. The van der Waals surface area contributed by atoms with Crippen LogP contribution in [0.3, 0.4) is 0 Å². The summed E-state index contributed by atoms with van der Waals surface area (Å²) in [4.78, 5) is 41.3. The van der Waals surface area contributed by atoms with Gasteiger partial charge in [0.1, 0.15) is 6.54 Å². The smallest absolute Gasteiger partial charge is 0.326 e. The number of carbonyl (C=O) groups excluding carboxylic acids is 3. The average molecular weight is 547 g/mol. The summed E-state index contributed by atoms with van der Waals surface area (Å²) in [6.07, 6.45) is 0. The molecule has 13 heteroatoms. The number of sulfonamides is 1. The van der Waals surface area contributed by atoms with Crippen molar-refractivity contribution in [1.29, 1.82) is 0 Å². The molecule has 0 bridgehead atoms. The van der Waals surface area contributed by atoms with Crippen LogP contribution in [0, 0.1) is 0 Å². The molecule has 2 amide bonds. The number of hydrogen-bond donors (Lipinski definition) is 1. The molecule has 1 N–H and O–H groups in total. The predicted octanol–water partition coefficient (Wildman–Crippen LogP) is 1.99. The molecule has 1 aromatic heterocycles. The van der Waals surface area contributed by atoms with Crippen molar-refractivity contribution < 1.29 is 32.3 Å². The number of nitrogens with zero attached hydrogens (tertiary/aromatic N) is 3. The molecule has 2 aromatic carbocycles. The number of anilines is 1. The molecule has 1 aliphatic rings. The third-order valence-corrected chi connectivity index (χ3v) is 8.46. The highest BCUT2D eigenvalue weighted by Crippen LogP contribution is 2.23. The van der Waals surface area contributed by atoms with Gasteiger partial charge in [0.05, 0.1) is 34.9 Å². The van der Waals surface area contributed by atoms with E-state index in [0.717, 1.165) is 0 Å². The van der Waals surface area contributed by atoms with Crippen LogP contribution in [0.2, 0.25) is 0 Å². The maximum Gasteiger partial charge on any atom is 0.326 e. The maximum atomic E-state index is 13.0. The van der Waals surface area contributed by atoms with Crippen molar-refractivity contribution >= 4 is 55.0 Å². The van der Waals surface area contributed by atoms with Crippen molar-refractivity contribution in [3.63, 3.8) is 0 Å². The second-order valence-electron chi connectivity index (χ2n) is 8.10. The summed E-state index contributed by atoms with van der Waals surface area (Å²) in [6, 6.07) is 10.7. The lowest BCUT2D eigenvalue weighted by Gasteiger charge is -2.26. The van der Waals surface area contributed by atoms with E-state index in [-0.39, 0.29) is 47.4 Å². The molecule has 0 unspecified atom stereocenters. The molecule has 0 aliphatic carbocycles. The number of nitrogens with one attached hydrogen (secondary N) is 1. The number of ether oxygens (including phenoxy) is 2. The van der Waals surface area contributed by atoms with Crippen molar-refractivity contribution in [2.24, 2.45) is 4.99 Å². The monoisotopic (exact) mass is 546 g/mol. The van der Waals surface area contributed by atoms with Crippen molar-refractivity contribution in [3.8, 4) is 0 Å². The fourth-order valence-electron chi connectivity index (χ4n) is 3.79. The van der Waals surface area contributed by atoms with Crippen molar-refractivity contribution in [1.82, 2.24) is 8.87 Å². The quantitative estimate of drug-likeness (QED) is 0.448. The number of morpholine rings is 1. The second kappa shape index (κ2) is 11.3. The number of hydrogen-bond acceptors (Lipinski definition) is 8. The van der Waals surface area contributed by atoms with Gasteiger partial charge in [0.15, 0.2) is 4.80 Å².